The van der Waals surface area contributed by atoms with Gasteiger partial charge >= 0.3 is 0 Å². The molecule has 98 valence electrons. The van der Waals surface area contributed by atoms with Crippen molar-refractivity contribution in [2.45, 2.75) is 6.04 Å². The molecule has 0 aliphatic heterocycles. The highest BCUT2D eigenvalue weighted by Gasteiger charge is 2.15. The van der Waals surface area contributed by atoms with E-state index in [9.17, 15) is 9.18 Å². The molecule has 0 aromatic heterocycles. The van der Waals surface area contributed by atoms with Crippen molar-refractivity contribution in [2.75, 3.05) is 5.32 Å². The zero-order chi connectivity index (χ0) is 13.8. The Balaban J connectivity index is 2.10. The summed E-state index contributed by atoms with van der Waals surface area (Å²) >= 11 is 5.56. The molecule has 0 bridgehead atoms. The molecule has 0 radical (unpaired) electrons. The molecule has 19 heavy (non-hydrogen) atoms. The maximum atomic E-state index is 13.2. The second-order valence-electron chi connectivity index (χ2n) is 4.01. The molecule has 1 atom stereocenters. The number of nitrogens with two attached hydrogens (primary N) is 1. The van der Waals surface area contributed by atoms with Gasteiger partial charge in [0.15, 0.2) is 0 Å². The molecule has 2 aromatic carbocycles. The van der Waals surface area contributed by atoms with Gasteiger partial charge in [-0.2, -0.15) is 0 Å². The van der Waals surface area contributed by atoms with Gasteiger partial charge in [0.05, 0.1) is 5.02 Å². The molecular formula is C14H12ClFN2O. The minimum Gasteiger partial charge on any atom is -0.324 e. The number of rotatable bonds is 3. The highest BCUT2D eigenvalue weighted by molar-refractivity contribution is 6.30. The first kappa shape index (κ1) is 13.5. The molecule has 3 N–H and O–H groups in total. The van der Waals surface area contributed by atoms with E-state index in [4.69, 9.17) is 17.3 Å². The van der Waals surface area contributed by atoms with Crippen molar-refractivity contribution in [2.24, 2.45) is 5.73 Å². The second-order valence-corrected chi connectivity index (χ2v) is 4.41. The predicted octanol–water partition coefficient (Wildman–Crippen LogP) is 3.12. The highest BCUT2D eigenvalue weighted by Crippen LogP contribution is 2.20. The third kappa shape index (κ3) is 3.30. The van der Waals surface area contributed by atoms with Crippen LogP contribution in [-0.2, 0) is 4.79 Å². The normalized spacial score (nSPS) is 11.9. The summed E-state index contributed by atoms with van der Waals surface area (Å²) in [5, 5.41) is 2.55. The monoisotopic (exact) mass is 278 g/mol. The predicted molar refractivity (Wildman–Crippen MR) is 73.4 cm³/mol. The van der Waals surface area contributed by atoms with Gasteiger partial charge in [-0.15, -0.1) is 0 Å². The molecule has 0 fully saturated rings. The zero-order valence-electron chi connectivity index (χ0n) is 9.94. The fourth-order valence-electron chi connectivity index (χ4n) is 1.61. The number of halogens is 2. The average molecular weight is 279 g/mol. The van der Waals surface area contributed by atoms with E-state index < -0.39 is 17.8 Å². The van der Waals surface area contributed by atoms with Crippen molar-refractivity contribution in [3.05, 3.63) is 64.9 Å². The Bertz CT molecular complexity index is 589. The minimum absolute atomic E-state index is 0.00496. The lowest BCUT2D eigenvalue weighted by Crippen LogP contribution is -2.27. The molecule has 5 heteroatoms. The van der Waals surface area contributed by atoms with Crippen molar-refractivity contribution in [3.63, 3.8) is 0 Å². The van der Waals surface area contributed by atoms with Gasteiger partial charge < -0.3 is 11.1 Å². The van der Waals surface area contributed by atoms with Crippen LogP contribution in [0.1, 0.15) is 11.6 Å². The van der Waals surface area contributed by atoms with Crippen LogP contribution in [0.3, 0.4) is 0 Å². The fourth-order valence-corrected chi connectivity index (χ4v) is 1.72. The standard InChI is InChI=1S/C14H12ClFN2O/c15-11-7-6-10(8-12(11)16)18-14(19)13(17)9-4-2-1-3-5-9/h1-8,13H,17H2,(H,18,19)/t13-/m0/s1. The van der Waals surface area contributed by atoms with E-state index in [0.717, 1.165) is 6.07 Å². The molecule has 0 spiro atoms. The number of nitrogens with one attached hydrogen (secondary N) is 1. The quantitative estimate of drug-likeness (QED) is 0.906. The summed E-state index contributed by atoms with van der Waals surface area (Å²) in [5.41, 5.74) is 6.83. The highest BCUT2D eigenvalue weighted by atomic mass is 35.5. The maximum absolute atomic E-state index is 13.2. The molecule has 0 aliphatic carbocycles. The van der Waals surface area contributed by atoms with Gasteiger partial charge in [0.2, 0.25) is 5.91 Å². The molecule has 3 nitrogen and oxygen atoms in total. The lowest BCUT2D eigenvalue weighted by Gasteiger charge is -2.12. The van der Waals surface area contributed by atoms with E-state index in [0.29, 0.717) is 11.3 Å². The van der Waals surface area contributed by atoms with E-state index >= 15 is 0 Å². The lowest BCUT2D eigenvalue weighted by molar-refractivity contribution is -0.117. The molecule has 1 amide bonds. The van der Waals surface area contributed by atoms with Crippen molar-refractivity contribution < 1.29 is 9.18 Å². The second kappa shape index (κ2) is 5.82. The Labute approximate surface area is 115 Å². The van der Waals surface area contributed by atoms with Crippen LogP contribution in [0.5, 0.6) is 0 Å². The summed E-state index contributed by atoms with van der Waals surface area (Å²) < 4.78 is 13.2. The van der Waals surface area contributed by atoms with Crippen LogP contribution in [0.2, 0.25) is 5.02 Å². The number of anilines is 1. The first-order chi connectivity index (χ1) is 9.08. The van der Waals surface area contributed by atoms with Crippen LogP contribution in [0, 0.1) is 5.82 Å². The average Bonchev–Trinajstić information content (AvgIpc) is 2.43. The summed E-state index contributed by atoms with van der Waals surface area (Å²) in [7, 11) is 0. The van der Waals surface area contributed by atoms with Gasteiger partial charge in [0, 0.05) is 5.69 Å². The van der Waals surface area contributed by atoms with E-state index in [2.05, 4.69) is 5.32 Å². The number of carbonyl (C=O) groups excluding carboxylic acids is 1. The molecule has 0 saturated carbocycles. The first-order valence-electron chi connectivity index (χ1n) is 5.64. The third-order valence-electron chi connectivity index (χ3n) is 2.63. The molecule has 0 saturated heterocycles. The van der Waals surface area contributed by atoms with Crippen LogP contribution >= 0.6 is 11.6 Å². The van der Waals surface area contributed by atoms with Crippen LogP contribution in [0.15, 0.2) is 48.5 Å². The molecule has 2 rings (SSSR count). The van der Waals surface area contributed by atoms with Crippen LogP contribution < -0.4 is 11.1 Å². The summed E-state index contributed by atoms with van der Waals surface area (Å²) in [6.07, 6.45) is 0. The first-order valence-corrected chi connectivity index (χ1v) is 6.02. The Morgan fingerprint density at radius 1 is 1.21 bits per heavy atom. The molecular weight excluding hydrogens is 267 g/mol. The van der Waals surface area contributed by atoms with Crippen LogP contribution in [-0.4, -0.2) is 5.91 Å². The van der Waals surface area contributed by atoms with Gasteiger partial charge in [-0.1, -0.05) is 41.9 Å². The Kier molecular flexibility index (Phi) is 4.14. The number of carbonyl (C=O) groups is 1. The SMILES string of the molecule is N[C@H](C(=O)Nc1ccc(Cl)c(F)c1)c1ccccc1. The summed E-state index contributed by atoms with van der Waals surface area (Å²) in [5.74, 6) is -0.999. The summed E-state index contributed by atoms with van der Waals surface area (Å²) in [6.45, 7) is 0. The molecule has 2 aromatic rings. The van der Waals surface area contributed by atoms with Crippen molar-refractivity contribution in [1.82, 2.24) is 0 Å². The molecule has 0 heterocycles. The Morgan fingerprint density at radius 2 is 1.89 bits per heavy atom. The molecule has 0 unspecified atom stereocenters. The van der Waals surface area contributed by atoms with E-state index in [1.165, 1.54) is 12.1 Å². The zero-order valence-corrected chi connectivity index (χ0v) is 10.7. The number of amides is 1. The molecule has 0 aliphatic rings. The van der Waals surface area contributed by atoms with Crippen LogP contribution in [0.4, 0.5) is 10.1 Å². The van der Waals surface area contributed by atoms with Gasteiger partial charge in [-0.25, -0.2) is 4.39 Å². The van der Waals surface area contributed by atoms with Crippen molar-refractivity contribution in [1.29, 1.82) is 0 Å². The maximum Gasteiger partial charge on any atom is 0.245 e. The largest absolute Gasteiger partial charge is 0.324 e. The van der Waals surface area contributed by atoms with E-state index in [1.807, 2.05) is 6.07 Å². The number of benzene rings is 2. The van der Waals surface area contributed by atoms with Crippen molar-refractivity contribution >= 4 is 23.2 Å². The Morgan fingerprint density at radius 3 is 2.53 bits per heavy atom. The van der Waals surface area contributed by atoms with E-state index in [-0.39, 0.29) is 5.02 Å². The fraction of sp³-hybridized carbons (Fsp3) is 0.0714. The Hall–Kier alpha value is -1.91. The van der Waals surface area contributed by atoms with Gasteiger partial charge in [0.1, 0.15) is 11.9 Å². The minimum atomic E-state index is -0.806. The van der Waals surface area contributed by atoms with E-state index in [1.54, 1.807) is 24.3 Å². The van der Waals surface area contributed by atoms with Gasteiger partial charge in [-0.05, 0) is 23.8 Å². The third-order valence-corrected chi connectivity index (χ3v) is 2.93. The van der Waals surface area contributed by atoms with Gasteiger partial charge in [-0.3, -0.25) is 4.79 Å². The van der Waals surface area contributed by atoms with Gasteiger partial charge in [0.25, 0.3) is 0 Å². The smallest absolute Gasteiger partial charge is 0.245 e. The van der Waals surface area contributed by atoms with Crippen LogP contribution in [0.25, 0.3) is 0 Å². The topological polar surface area (TPSA) is 55.1 Å². The number of hydrogen-bond acceptors (Lipinski definition) is 2. The lowest BCUT2D eigenvalue weighted by atomic mass is 10.1. The summed E-state index contributed by atoms with van der Waals surface area (Å²) in [4.78, 5) is 11.9. The number of hydrogen-bond donors (Lipinski definition) is 2. The van der Waals surface area contributed by atoms with Crippen molar-refractivity contribution in [3.8, 4) is 0 Å². The summed E-state index contributed by atoms with van der Waals surface area (Å²) in [6, 6.07) is 12.2.